The molecule has 28 heavy (non-hydrogen) atoms. The second-order valence-electron chi connectivity index (χ2n) is 7.14. The first-order chi connectivity index (χ1) is 13.7. The van der Waals surface area contributed by atoms with Gasteiger partial charge in [-0.15, -0.1) is 0 Å². The van der Waals surface area contributed by atoms with Crippen molar-refractivity contribution in [2.45, 2.75) is 25.4 Å². The van der Waals surface area contributed by atoms with Gasteiger partial charge >= 0.3 is 6.03 Å². The molecule has 148 valence electrons. The molecule has 8 heteroatoms. The van der Waals surface area contributed by atoms with Crippen LogP contribution in [0.4, 0.5) is 10.5 Å². The number of urea groups is 1. The Morgan fingerprint density at radius 2 is 2.00 bits per heavy atom. The summed E-state index contributed by atoms with van der Waals surface area (Å²) in [5.41, 5.74) is 2.59. The van der Waals surface area contributed by atoms with Crippen molar-refractivity contribution in [2.24, 2.45) is 0 Å². The van der Waals surface area contributed by atoms with Crippen LogP contribution in [0.3, 0.4) is 0 Å². The minimum atomic E-state index is -0.300. The summed E-state index contributed by atoms with van der Waals surface area (Å²) in [6, 6.07) is 7.49. The van der Waals surface area contributed by atoms with Gasteiger partial charge in [-0.25, -0.2) is 9.78 Å². The highest BCUT2D eigenvalue weighted by Crippen LogP contribution is 2.21. The first-order valence-corrected chi connectivity index (χ1v) is 9.76. The van der Waals surface area contributed by atoms with Crippen LogP contribution >= 0.6 is 0 Å². The Kier molecular flexibility index (Phi) is 5.57. The van der Waals surface area contributed by atoms with Gasteiger partial charge in [0.25, 0.3) is 5.91 Å². The highest BCUT2D eigenvalue weighted by molar-refractivity contribution is 5.90. The third-order valence-corrected chi connectivity index (χ3v) is 5.22. The van der Waals surface area contributed by atoms with Crippen molar-refractivity contribution in [1.82, 2.24) is 19.8 Å². The normalized spacial score (nSPS) is 20.1. The van der Waals surface area contributed by atoms with Crippen molar-refractivity contribution < 1.29 is 14.3 Å². The van der Waals surface area contributed by atoms with E-state index in [0.29, 0.717) is 32.8 Å². The van der Waals surface area contributed by atoms with Gasteiger partial charge in [0.1, 0.15) is 6.10 Å². The second-order valence-corrected chi connectivity index (χ2v) is 7.14. The zero-order chi connectivity index (χ0) is 19.3. The topological polar surface area (TPSA) is 90.6 Å². The maximum Gasteiger partial charge on any atom is 0.321 e. The second kappa shape index (κ2) is 8.43. The third-order valence-electron chi connectivity index (χ3n) is 5.22. The number of carbonyl (C=O) groups excluding carboxylic acids is 2. The highest BCUT2D eigenvalue weighted by atomic mass is 16.5. The first-order valence-electron chi connectivity index (χ1n) is 9.76. The van der Waals surface area contributed by atoms with Gasteiger partial charge in [-0.1, -0.05) is 12.1 Å². The van der Waals surface area contributed by atoms with E-state index in [1.807, 2.05) is 29.2 Å². The number of H-pyrrole nitrogens is 1. The van der Waals surface area contributed by atoms with Crippen LogP contribution in [0.25, 0.3) is 11.3 Å². The molecule has 1 atom stereocenters. The van der Waals surface area contributed by atoms with Crippen molar-refractivity contribution in [1.29, 1.82) is 0 Å². The molecule has 2 aliphatic heterocycles. The van der Waals surface area contributed by atoms with Crippen LogP contribution in [0.15, 0.2) is 36.8 Å². The number of aromatic nitrogens is 2. The Balaban J connectivity index is 1.35. The van der Waals surface area contributed by atoms with Gasteiger partial charge in [0.05, 0.1) is 18.2 Å². The summed E-state index contributed by atoms with van der Waals surface area (Å²) in [5, 5.41) is 2.97. The average molecular weight is 383 g/mol. The molecule has 2 aliphatic rings. The van der Waals surface area contributed by atoms with Crippen molar-refractivity contribution in [3.05, 3.63) is 36.8 Å². The summed E-state index contributed by atoms with van der Waals surface area (Å²) in [4.78, 5) is 36.0. The van der Waals surface area contributed by atoms with E-state index in [-0.39, 0.29) is 18.0 Å². The molecule has 2 saturated heterocycles. The van der Waals surface area contributed by atoms with E-state index < -0.39 is 0 Å². The van der Waals surface area contributed by atoms with E-state index in [1.54, 1.807) is 17.4 Å². The van der Waals surface area contributed by atoms with Crippen molar-refractivity contribution >= 4 is 17.6 Å². The molecule has 1 aromatic carbocycles. The summed E-state index contributed by atoms with van der Waals surface area (Å²) in [6.45, 7) is 3.01. The number of ether oxygens (including phenoxy) is 1. The van der Waals surface area contributed by atoms with Gasteiger partial charge in [0.2, 0.25) is 0 Å². The van der Waals surface area contributed by atoms with E-state index >= 15 is 0 Å². The van der Waals surface area contributed by atoms with E-state index in [4.69, 9.17) is 4.74 Å². The molecule has 2 fully saturated rings. The van der Waals surface area contributed by atoms with Crippen LogP contribution in [0.1, 0.15) is 19.3 Å². The zero-order valence-corrected chi connectivity index (χ0v) is 15.8. The molecule has 0 radical (unpaired) electrons. The molecule has 0 spiro atoms. The lowest BCUT2D eigenvalue weighted by Gasteiger charge is -2.24. The summed E-state index contributed by atoms with van der Waals surface area (Å²) >= 11 is 0. The lowest BCUT2D eigenvalue weighted by atomic mass is 10.1. The van der Waals surface area contributed by atoms with Gasteiger partial charge in [-0.2, -0.15) is 0 Å². The van der Waals surface area contributed by atoms with Crippen LogP contribution in [0, 0.1) is 0 Å². The molecular formula is C20H25N5O3. The number of rotatable bonds is 3. The number of imidazole rings is 1. The minimum absolute atomic E-state index is 0.0621. The van der Waals surface area contributed by atoms with Crippen molar-refractivity contribution in [3.8, 4) is 11.3 Å². The first kappa shape index (κ1) is 18.5. The predicted molar refractivity (Wildman–Crippen MR) is 105 cm³/mol. The fourth-order valence-electron chi connectivity index (χ4n) is 3.70. The van der Waals surface area contributed by atoms with Gasteiger partial charge < -0.3 is 24.8 Å². The van der Waals surface area contributed by atoms with Gasteiger partial charge in [-0.05, 0) is 31.4 Å². The number of hydrogen-bond acceptors (Lipinski definition) is 4. The molecule has 3 amide bonds. The molecule has 4 rings (SSSR count). The lowest BCUT2D eigenvalue weighted by molar-refractivity contribution is -0.140. The monoisotopic (exact) mass is 383 g/mol. The number of benzene rings is 1. The maximum atomic E-state index is 12.7. The number of hydrogen-bond donors (Lipinski definition) is 2. The standard InChI is InChI=1S/C20H25N5O3/c26-19(18-6-2-11-28-18)24-7-3-8-25(10-9-24)20(27)23-16-5-1-4-15(12-16)17-13-21-14-22-17/h1,4-5,12-14,18H,2-3,6-11H2,(H,21,22)(H,23,27)/t18-/m0/s1. The van der Waals surface area contributed by atoms with E-state index in [1.165, 1.54) is 0 Å². The molecular weight excluding hydrogens is 358 g/mol. The van der Waals surface area contributed by atoms with Gasteiger partial charge in [0, 0.05) is 44.0 Å². The van der Waals surface area contributed by atoms with Crippen LogP contribution in [-0.4, -0.2) is 70.6 Å². The predicted octanol–water partition coefficient (Wildman–Crippen LogP) is 2.32. The largest absolute Gasteiger partial charge is 0.368 e. The quantitative estimate of drug-likeness (QED) is 0.851. The highest BCUT2D eigenvalue weighted by Gasteiger charge is 2.30. The molecule has 0 aliphatic carbocycles. The SMILES string of the molecule is O=C(Nc1cccc(-c2cnc[nH]2)c1)N1CCCN(C(=O)[C@@H]2CCCO2)CC1. The summed E-state index contributed by atoms with van der Waals surface area (Å²) in [7, 11) is 0. The zero-order valence-electron chi connectivity index (χ0n) is 15.8. The Morgan fingerprint density at radius 3 is 2.79 bits per heavy atom. The van der Waals surface area contributed by atoms with E-state index in [0.717, 1.165) is 36.2 Å². The Labute approximate surface area is 163 Å². The third kappa shape index (κ3) is 4.17. The minimum Gasteiger partial charge on any atom is -0.368 e. The number of anilines is 1. The Hall–Kier alpha value is -2.87. The number of nitrogens with one attached hydrogen (secondary N) is 2. The maximum absolute atomic E-state index is 12.7. The fraction of sp³-hybridized carbons (Fsp3) is 0.450. The fourth-order valence-corrected chi connectivity index (χ4v) is 3.70. The number of nitrogens with zero attached hydrogens (tertiary/aromatic N) is 3. The summed E-state index contributed by atoms with van der Waals surface area (Å²) in [6.07, 6.45) is 5.57. The lowest BCUT2D eigenvalue weighted by Crippen LogP contribution is -2.42. The van der Waals surface area contributed by atoms with E-state index in [9.17, 15) is 9.59 Å². The number of carbonyl (C=O) groups is 2. The molecule has 0 bridgehead atoms. The van der Waals surface area contributed by atoms with E-state index in [2.05, 4.69) is 15.3 Å². The molecule has 0 saturated carbocycles. The Bertz CT molecular complexity index is 817. The van der Waals surface area contributed by atoms with Gasteiger partial charge in [-0.3, -0.25) is 4.79 Å². The van der Waals surface area contributed by atoms with Crippen LogP contribution in [0.5, 0.6) is 0 Å². The van der Waals surface area contributed by atoms with Crippen molar-refractivity contribution in [3.63, 3.8) is 0 Å². The molecule has 3 heterocycles. The Morgan fingerprint density at radius 1 is 1.14 bits per heavy atom. The molecule has 8 nitrogen and oxygen atoms in total. The van der Waals surface area contributed by atoms with Gasteiger partial charge in [0.15, 0.2) is 0 Å². The molecule has 2 N–H and O–H groups in total. The molecule has 1 aromatic heterocycles. The number of amides is 3. The van der Waals surface area contributed by atoms with Crippen LogP contribution < -0.4 is 5.32 Å². The van der Waals surface area contributed by atoms with Crippen LogP contribution in [-0.2, 0) is 9.53 Å². The summed E-state index contributed by atoms with van der Waals surface area (Å²) < 4.78 is 5.51. The molecule has 2 aromatic rings. The average Bonchev–Trinajstić information content (AvgIpc) is 3.38. The summed E-state index contributed by atoms with van der Waals surface area (Å²) in [5.74, 6) is 0.0621. The molecule has 0 unspecified atom stereocenters. The number of aromatic amines is 1. The van der Waals surface area contributed by atoms with Crippen LogP contribution in [0.2, 0.25) is 0 Å². The smallest absolute Gasteiger partial charge is 0.321 e. The van der Waals surface area contributed by atoms with Crippen molar-refractivity contribution in [2.75, 3.05) is 38.1 Å².